The van der Waals surface area contributed by atoms with Gasteiger partial charge in [-0.15, -0.1) is 11.8 Å². The Hall–Kier alpha value is -3.98. The number of carbonyl (C=O) groups excluding carboxylic acids is 3. The van der Waals surface area contributed by atoms with Gasteiger partial charge in [0.2, 0.25) is 21.8 Å². The van der Waals surface area contributed by atoms with Crippen molar-refractivity contribution in [2.24, 2.45) is 11.3 Å². The summed E-state index contributed by atoms with van der Waals surface area (Å²) in [6.45, 7) is 7.12. The Kier molecular flexibility index (Phi) is 11.4. The van der Waals surface area contributed by atoms with Crippen molar-refractivity contribution in [2.45, 2.75) is 93.8 Å². The summed E-state index contributed by atoms with van der Waals surface area (Å²) in [4.78, 5) is 55.7. The molecule has 11 nitrogen and oxygen atoms in total. The van der Waals surface area contributed by atoms with Crippen molar-refractivity contribution in [3.8, 4) is 11.1 Å². The van der Waals surface area contributed by atoms with E-state index in [2.05, 4.69) is 10.6 Å². The van der Waals surface area contributed by atoms with E-state index in [9.17, 15) is 41.5 Å². The summed E-state index contributed by atoms with van der Waals surface area (Å²) in [7, 11) is -4.08. The number of likely N-dealkylation sites (tertiary alicyclic amines) is 1. The molecule has 1 heterocycles. The average Bonchev–Trinajstić information content (AvgIpc) is 4.01. The number of hydrogen-bond acceptors (Lipinski definition) is 7. The lowest BCUT2D eigenvalue weighted by atomic mass is 9.85. The van der Waals surface area contributed by atoms with Gasteiger partial charge in [0, 0.05) is 12.5 Å². The highest BCUT2D eigenvalue weighted by Gasteiger charge is 2.63. The third-order valence-electron chi connectivity index (χ3n) is 9.98. The molecule has 2 aromatic rings. The van der Waals surface area contributed by atoms with Gasteiger partial charge in [0.05, 0.1) is 10.00 Å². The number of amides is 4. The van der Waals surface area contributed by atoms with Crippen LogP contribution in [0.2, 0.25) is 0 Å². The van der Waals surface area contributed by atoms with Crippen LogP contribution < -0.4 is 15.4 Å². The molecular weight excluding hydrogens is 715 g/mol. The van der Waals surface area contributed by atoms with E-state index in [1.165, 1.54) is 4.90 Å². The number of benzene rings is 2. The predicted molar refractivity (Wildman–Crippen MR) is 195 cm³/mol. The Balaban J connectivity index is 1.55. The number of nitrogens with one attached hydrogen (secondary N) is 3. The van der Waals surface area contributed by atoms with E-state index in [0.29, 0.717) is 24.7 Å². The molecule has 5 atom stereocenters. The highest BCUT2D eigenvalue weighted by molar-refractivity contribution is 8.00. The van der Waals surface area contributed by atoms with Gasteiger partial charge in [0.25, 0.3) is 12.0 Å². The first kappa shape index (κ1) is 39.2. The molecule has 0 aromatic heterocycles. The Morgan fingerprint density at radius 3 is 2.21 bits per heavy atom. The molecule has 2 aliphatic carbocycles. The molecule has 0 radical (unpaired) electrons. The van der Waals surface area contributed by atoms with Gasteiger partial charge < -0.3 is 20.6 Å². The molecule has 15 heteroatoms. The number of nitrogens with zero attached hydrogens (tertiary/aromatic N) is 1. The normalized spacial score (nSPS) is 24.8. The highest BCUT2D eigenvalue weighted by atomic mass is 32.2. The Morgan fingerprint density at radius 2 is 1.65 bits per heavy atom. The molecule has 52 heavy (non-hydrogen) atoms. The molecule has 4 amide bonds. The van der Waals surface area contributed by atoms with E-state index in [4.69, 9.17) is 0 Å². The first-order chi connectivity index (χ1) is 24.4. The standard InChI is InChI=1S/C37H46F2N4O7S2/c1-5-6-18-51-36(25-14-12-24(13-15-25)23-10-8-7-9-11-23)21-28(43(22-36)32(45)30(35(2,3)4)40-34(47)48)31(44)41-37(20-26(37)19-29(38)39)33(46)42-52(49,50)27-16-17-27/h7-15,19,26-28,30,40H,5-6,16-18,20-22H2,1-4H3,(H,41,44)(H,42,46)(H,47,48)/t26-,28-,30+,36-,37+/m0/s1. The summed E-state index contributed by atoms with van der Waals surface area (Å²) < 4.78 is 53.5. The van der Waals surface area contributed by atoms with Crippen LogP contribution in [0.4, 0.5) is 13.6 Å². The first-order valence-corrected chi connectivity index (χ1v) is 20.0. The van der Waals surface area contributed by atoms with Crippen LogP contribution in [0.1, 0.15) is 71.8 Å². The van der Waals surface area contributed by atoms with Crippen LogP contribution >= 0.6 is 11.8 Å². The summed E-state index contributed by atoms with van der Waals surface area (Å²) in [5, 5.41) is 13.8. The second-order valence-corrected chi connectivity index (χ2v) is 18.4. The smallest absolute Gasteiger partial charge is 0.405 e. The Morgan fingerprint density at radius 1 is 1.02 bits per heavy atom. The second-order valence-electron chi connectivity index (χ2n) is 15.0. The summed E-state index contributed by atoms with van der Waals surface area (Å²) in [5.74, 6) is -3.12. The minimum absolute atomic E-state index is 0.00849. The molecule has 282 valence electrons. The van der Waals surface area contributed by atoms with E-state index < -0.39 is 78.9 Å². The number of thioether (sulfide) groups is 1. The van der Waals surface area contributed by atoms with Gasteiger partial charge in [-0.1, -0.05) is 88.7 Å². The predicted octanol–water partition coefficient (Wildman–Crippen LogP) is 5.63. The number of sulfonamides is 1. The monoisotopic (exact) mass is 760 g/mol. The molecule has 1 saturated heterocycles. The lowest BCUT2D eigenvalue weighted by Gasteiger charge is -2.35. The maximum absolute atomic E-state index is 14.5. The van der Waals surface area contributed by atoms with Crippen LogP contribution in [-0.4, -0.2) is 77.4 Å². The largest absolute Gasteiger partial charge is 0.465 e. The molecule has 2 aromatic carbocycles. The van der Waals surface area contributed by atoms with E-state index >= 15 is 0 Å². The van der Waals surface area contributed by atoms with Crippen molar-refractivity contribution in [1.82, 2.24) is 20.3 Å². The zero-order valence-electron chi connectivity index (χ0n) is 29.7. The SMILES string of the molecule is CCCCS[C@@]1(c2ccc(-c3ccccc3)cc2)C[C@@H](C(=O)N[C@]2(C(=O)NS(=O)(=O)C3CC3)C[C@@H]2C=C(F)F)N(C(=O)[C@@H](NC(=O)O)C(C)(C)C)C1. The van der Waals surface area contributed by atoms with E-state index in [1.54, 1.807) is 32.5 Å². The quantitative estimate of drug-likeness (QED) is 0.180. The third kappa shape index (κ3) is 8.62. The van der Waals surface area contributed by atoms with Crippen molar-refractivity contribution in [2.75, 3.05) is 12.3 Å². The fourth-order valence-corrected chi connectivity index (χ4v) is 9.77. The zero-order chi connectivity index (χ0) is 38.1. The molecule has 0 bridgehead atoms. The van der Waals surface area contributed by atoms with Crippen LogP contribution in [0.15, 0.2) is 66.8 Å². The number of rotatable bonds is 14. The topological polar surface area (TPSA) is 162 Å². The molecule has 3 fully saturated rings. The van der Waals surface area contributed by atoms with Crippen molar-refractivity contribution >= 4 is 45.6 Å². The van der Waals surface area contributed by atoms with Gasteiger partial charge in [-0.05, 0) is 66.0 Å². The number of halogens is 2. The molecule has 2 saturated carbocycles. The molecule has 1 aliphatic heterocycles. The van der Waals surface area contributed by atoms with Gasteiger partial charge in [0.1, 0.15) is 17.6 Å². The van der Waals surface area contributed by atoms with Gasteiger partial charge in [-0.25, -0.2) is 13.2 Å². The van der Waals surface area contributed by atoms with E-state index in [0.717, 1.165) is 29.5 Å². The van der Waals surface area contributed by atoms with Crippen molar-refractivity contribution < 1.29 is 41.5 Å². The first-order valence-electron chi connectivity index (χ1n) is 17.4. The molecule has 5 rings (SSSR count). The third-order valence-corrected chi connectivity index (χ3v) is 13.4. The number of carbonyl (C=O) groups is 4. The fourth-order valence-electron chi connectivity index (χ4n) is 6.77. The van der Waals surface area contributed by atoms with E-state index in [1.807, 2.05) is 66.2 Å². The van der Waals surface area contributed by atoms with Crippen molar-refractivity contribution in [3.63, 3.8) is 0 Å². The summed E-state index contributed by atoms with van der Waals surface area (Å²) in [5.41, 5.74) is -0.122. The van der Waals surface area contributed by atoms with Crippen LogP contribution in [-0.2, 0) is 29.2 Å². The number of unbranched alkanes of at least 4 members (excludes halogenated alkanes) is 1. The van der Waals surface area contributed by atoms with Crippen LogP contribution in [0, 0.1) is 11.3 Å². The molecule has 4 N–H and O–H groups in total. The molecule has 0 unspecified atom stereocenters. The Bertz CT molecular complexity index is 1810. The molecule has 0 spiro atoms. The van der Waals surface area contributed by atoms with Gasteiger partial charge in [0.15, 0.2) is 0 Å². The van der Waals surface area contributed by atoms with Gasteiger partial charge in [-0.2, -0.15) is 8.78 Å². The van der Waals surface area contributed by atoms with Crippen molar-refractivity contribution in [1.29, 1.82) is 0 Å². The van der Waals surface area contributed by atoms with Gasteiger partial charge >= 0.3 is 6.09 Å². The zero-order valence-corrected chi connectivity index (χ0v) is 31.3. The highest BCUT2D eigenvalue weighted by Crippen LogP contribution is 2.50. The summed E-state index contributed by atoms with van der Waals surface area (Å²) >= 11 is 1.58. The molecular formula is C37H46F2N4O7S2. The number of hydrogen-bond donors (Lipinski definition) is 4. The van der Waals surface area contributed by atoms with Crippen molar-refractivity contribution in [3.05, 3.63) is 72.3 Å². The maximum Gasteiger partial charge on any atom is 0.405 e. The lowest BCUT2D eigenvalue weighted by Crippen LogP contribution is -2.60. The summed E-state index contributed by atoms with van der Waals surface area (Å²) in [6.07, 6.45) is -0.775. The fraction of sp³-hybridized carbons (Fsp3) is 0.514. The van der Waals surface area contributed by atoms with Crippen LogP contribution in [0.5, 0.6) is 0 Å². The van der Waals surface area contributed by atoms with Crippen LogP contribution in [0.25, 0.3) is 11.1 Å². The van der Waals surface area contributed by atoms with Gasteiger partial charge in [-0.3, -0.25) is 19.1 Å². The average molecular weight is 761 g/mol. The Labute approximate surface area is 307 Å². The lowest BCUT2D eigenvalue weighted by molar-refractivity contribution is -0.142. The second kappa shape index (κ2) is 15.2. The maximum atomic E-state index is 14.5. The summed E-state index contributed by atoms with van der Waals surface area (Å²) in [6, 6.07) is 15.0. The molecule has 3 aliphatic rings. The number of carboxylic acid groups (broad SMARTS) is 1. The minimum atomic E-state index is -4.08. The van der Waals surface area contributed by atoms with E-state index in [-0.39, 0.29) is 19.4 Å². The van der Waals surface area contributed by atoms with Crippen LogP contribution in [0.3, 0.4) is 0 Å². The minimum Gasteiger partial charge on any atom is -0.465 e.